The highest BCUT2D eigenvalue weighted by Crippen LogP contribution is 2.36. The first-order valence-electron chi connectivity index (χ1n) is 6.76. The van der Waals surface area contributed by atoms with Crippen LogP contribution in [0.1, 0.15) is 11.6 Å². The summed E-state index contributed by atoms with van der Waals surface area (Å²) in [6, 6.07) is 14.2. The van der Waals surface area contributed by atoms with Crippen LogP contribution in [0.2, 0.25) is 0 Å². The Morgan fingerprint density at radius 1 is 1.29 bits per heavy atom. The predicted molar refractivity (Wildman–Crippen MR) is 84.5 cm³/mol. The maximum Gasteiger partial charge on any atom is 0.184 e. The van der Waals surface area contributed by atoms with Crippen molar-refractivity contribution in [1.29, 1.82) is 0 Å². The first kappa shape index (κ1) is 12.5. The number of nitrogens with zero attached hydrogens (tertiary/aromatic N) is 1. The molecule has 0 aliphatic carbocycles. The summed E-state index contributed by atoms with van der Waals surface area (Å²) in [5.74, 6) is 1.81. The van der Waals surface area contributed by atoms with Gasteiger partial charge in [-0.2, -0.15) is 0 Å². The molecule has 1 aromatic heterocycles. The molecule has 2 aromatic carbocycles. The van der Waals surface area contributed by atoms with Gasteiger partial charge in [0, 0.05) is 5.56 Å². The Morgan fingerprint density at radius 2 is 2.19 bits per heavy atom. The van der Waals surface area contributed by atoms with Crippen molar-refractivity contribution in [3.8, 4) is 11.5 Å². The van der Waals surface area contributed by atoms with E-state index in [0.717, 1.165) is 26.8 Å². The van der Waals surface area contributed by atoms with Crippen LogP contribution in [0.15, 0.2) is 42.5 Å². The largest absolute Gasteiger partial charge is 0.497 e. The fourth-order valence-corrected chi connectivity index (χ4v) is 3.47. The molecule has 0 amide bonds. The molecule has 2 heterocycles. The summed E-state index contributed by atoms with van der Waals surface area (Å²) >= 11 is 1.63. The highest BCUT2D eigenvalue weighted by atomic mass is 32.1. The molecule has 0 saturated carbocycles. The van der Waals surface area contributed by atoms with Crippen LogP contribution < -0.4 is 14.8 Å². The van der Waals surface area contributed by atoms with Gasteiger partial charge >= 0.3 is 0 Å². The minimum atomic E-state index is 0.156. The Morgan fingerprint density at radius 3 is 3.10 bits per heavy atom. The molecule has 3 aromatic rings. The molecule has 5 heteroatoms. The molecule has 1 aliphatic heterocycles. The van der Waals surface area contributed by atoms with E-state index in [0.29, 0.717) is 6.61 Å². The number of benzene rings is 2. The van der Waals surface area contributed by atoms with E-state index < -0.39 is 0 Å². The van der Waals surface area contributed by atoms with Crippen LogP contribution in [-0.2, 0) is 0 Å². The molecule has 1 atom stereocenters. The van der Waals surface area contributed by atoms with Gasteiger partial charge in [0.25, 0.3) is 0 Å². The van der Waals surface area contributed by atoms with Crippen LogP contribution in [0.3, 0.4) is 0 Å². The van der Waals surface area contributed by atoms with Crippen LogP contribution in [0.5, 0.6) is 11.5 Å². The van der Waals surface area contributed by atoms with Crippen molar-refractivity contribution in [2.45, 2.75) is 6.04 Å². The van der Waals surface area contributed by atoms with Crippen molar-refractivity contribution in [3.05, 3.63) is 48.0 Å². The summed E-state index contributed by atoms with van der Waals surface area (Å²) < 4.78 is 12.1. The topological polar surface area (TPSA) is 43.4 Å². The van der Waals surface area contributed by atoms with Gasteiger partial charge in [-0.25, -0.2) is 4.98 Å². The van der Waals surface area contributed by atoms with Crippen molar-refractivity contribution in [2.24, 2.45) is 0 Å². The van der Waals surface area contributed by atoms with Crippen LogP contribution in [-0.4, -0.2) is 18.7 Å². The Hall–Kier alpha value is -2.27. The third kappa shape index (κ3) is 2.19. The summed E-state index contributed by atoms with van der Waals surface area (Å²) in [4.78, 5) is 4.62. The average Bonchev–Trinajstić information content (AvgIpc) is 3.10. The quantitative estimate of drug-likeness (QED) is 0.797. The lowest BCUT2D eigenvalue weighted by Crippen LogP contribution is -2.11. The molecular weight excluding hydrogens is 284 g/mol. The number of hydrogen-bond donors (Lipinski definition) is 1. The van der Waals surface area contributed by atoms with E-state index in [1.165, 1.54) is 5.56 Å². The lowest BCUT2D eigenvalue weighted by molar-refractivity contribution is 0.340. The number of fused-ring (bicyclic) bond motifs is 2. The minimum Gasteiger partial charge on any atom is -0.497 e. The molecule has 4 nitrogen and oxygen atoms in total. The zero-order valence-electron chi connectivity index (χ0n) is 11.5. The highest BCUT2D eigenvalue weighted by Gasteiger charge is 2.24. The Bertz CT molecular complexity index is 800. The standard InChI is InChI=1S/C16H14N2O2S/c1-19-10-6-7-12-15(8-10)21-16(17-12)18-13-9-20-14-5-3-2-4-11(13)14/h2-8,13H,9H2,1H3,(H,17,18). The molecular formula is C16H14N2O2S. The monoisotopic (exact) mass is 298 g/mol. The lowest BCUT2D eigenvalue weighted by atomic mass is 10.1. The molecule has 1 unspecified atom stereocenters. The number of hydrogen-bond acceptors (Lipinski definition) is 5. The van der Waals surface area contributed by atoms with Gasteiger partial charge in [-0.15, -0.1) is 0 Å². The molecule has 0 spiro atoms. The fraction of sp³-hybridized carbons (Fsp3) is 0.188. The van der Waals surface area contributed by atoms with Crippen molar-refractivity contribution in [3.63, 3.8) is 0 Å². The van der Waals surface area contributed by atoms with Gasteiger partial charge in [0.05, 0.1) is 23.4 Å². The third-order valence-corrected chi connectivity index (χ3v) is 4.54. The Balaban J connectivity index is 1.63. The van der Waals surface area contributed by atoms with Gasteiger partial charge in [0.1, 0.15) is 18.1 Å². The minimum absolute atomic E-state index is 0.156. The van der Waals surface area contributed by atoms with Crippen LogP contribution in [0.4, 0.5) is 5.13 Å². The van der Waals surface area contributed by atoms with E-state index in [2.05, 4.69) is 16.4 Å². The van der Waals surface area contributed by atoms with E-state index in [4.69, 9.17) is 9.47 Å². The molecule has 4 rings (SSSR count). The Kier molecular flexibility index (Phi) is 2.93. The van der Waals surface area contributed by atoms with Gasteiger partial charge in [0.15, 0.2) is 5.13 Å². The van der Waals surface area contributed by atoms with Crippen LogP contribution in [0.25, 0.3) is 10.2 Å². The number of para-hydroxylation sites is 1. The molecule has 1 aliphatic rings. The van der Waals surface area contributed by atoms with E-state index in [1.54, 1.807) is 18.4 Å². The van der Waals surface area contributed by atoms with E-state index in [9.17, 15) is 0 Å². The third-order valence-electron chi connectivity index (χ3n) is 3.59. The average molecular weight is 298 g/mol. The lowest BCUT2D eigenvalue weighted by Gasteiger charge is -2.09. The number of ether oxygens (including phenoxy) is 2. The summed E-state index contributed by atoms with van der Waals surface area (Å²) in [6.45, 7) is 0.637. The van der Waals surface area contributed by atoms with E-state index >= 15 is 0 Å². The van der Waals surface area contributed by atoms with Crippen molar-refractivity contribution < 1.29 is 9.47 Å². The summed E-state index contributed by atoms with van der Waals surface area (Å²) in [5, 5.41) is 4.37. The summed E-state index contributed by atoms with van der Waals surface area (Å²) in [6.07, 6.45) is 0. The molecule has 106 valence electrons. The maximum atomic E-state index is 5.69. The second kappa shape index (κ2) is 4.93. The number of thiazole rings is 1. The summed E-state index contributed by atoms with van der Waals surface area (Å²) in [5.41, 5.74) is 2.17. The van der Waals surface area contributed by atoms with E-state index in [1.807, 2.05) is 36.4 Å². The van der Waals surface area contributed by atoms with Crippen LogP contribution >= 0.6 is 11.3 Å². The molecule has 21 heavy (non-hydrogen) atoms. The number of anilines is 1. The number of aromatic nitrogens is 1. The normalized spacial score (nSPS) is 16.5. The maximum absolute atomic E-state index is 5.69. The van der Waals surface area contributed by atoms with Gasteiger partial charge < -0.3 is 14.8 Å². The highest BCUT2D eigenvalue weighted by molar-refractivity contribution is 7.22. The zero-order chi connectivity index (χ0) is 14.2. The molecule has 0 fully saturated rings. The van der Waals surface area contributed by atoms with Crippen molar-refractivity contribution in [1.82, 2.24) is 4.98 Å². The molecule has 0 saturated heterocycles. The Labute approximate surface area is 126 Å². The fourth-order valence-electron chi connectivity index (χ4n) is 2.52. The van der Waals surface area contributed by atoms with E-state index in [-0.39, 0.29) is 6.04 Å². The first-order valence-corrected chi connectivity index (χ1v) is 7.58. The predicted octanol–water partition coefficient (Wildman–Crippen LogP) is 3.85. The molecule has 0 radical (unpaired) electrons. The smallest absolute Gasteiger partial charge is 0.184 e. The van der Waals surface area contributed by atoms with Gasteiger partial charge in [-0.1, -0.05) is 29.5 Å². The van der Waals surface area contributed by atoms with Gasteiger partial charge in [-0.3, -0.25) is 0 Å². The SMILES string of the molecule is COc1ccc2nc(NC3COc4ccccc43)sc2c1. The number of nitrogens with one attached hydrogen (secondary N) is 1. The number of methoxy groups -OCH3 is 1. The molecule has 0 bridgehead atoms. The molecule has 1 N–H and O–H groups in total. The van der Waals surface area contributed by atoms with Crippen molar-refractivity contribution in [2.75, 3.05) is 19.0 Å². The van der Waals surface area contributed by atoms with Crippen LogP contribution in [0, 0.1) is 0 Å². The second-order valence-corrected chi connectivity index (χ2v) is 5.93. The number of rotatable bonds is 3. The zero-order valence-corrected chi connectivity index (χ0v) is 12.3. The van der Waals surface area contributed by atoms with Gasteiger partial charge in [-0.05, 0) is 24.3 Å². The van der Waals surface area contributed by atoms with Crippen molar-refractivity contribution >= 4 is 26.7 Å². The second-order valence-electron chi connectivity index (χ2n) is 4.90. The summed E-state index contributed by atoms with van der Waals surface area (Å²) in [7, 11) is 1.67. The van der Waals surface area contributed by atoms with Gasteiger partial charge in [0.2, 0.25) is 0 Å². The first-order chi connectivity index (χ1) is 10.3.